The number of amides is 1. The molecule has 0 aromatic heterocycles. The molecule has 1 N–H and O–H groups in total. The smallest absolute Gasteiger partial charge is 0.337 e. The van der Waals surface area contributed by atoms with Crippen LogP contribution < -0.4 is 9.75 Å². The lowest BCUT2D eigenvalue weighted by Crippen LogP contribution is -2.27. The number of carboxylic acid groups (broad SMARTS) is 1. The van der Waals surface area contributed by atoms with Crippen LogP contribution in [0.15, 0.2) is 46.5 Å². The monoisotopic (exact) mass is 419 g/mol. The molecule has 0 radical (unpaired) electrons. The third-order valence-electron chi connectivity index (χ3n) is 4.11. The number of nitrogens with zero attached hydrogens (tertiary/aromatic N) is 3. The van der Waals surface area contributed by atoms with E-state index in [1.165, 1.54) is 30.5 Å². The topological polar surface area (TPSA) is 91.6 Å². The number of ether oxygens (including phenoxy) is 1. The van der Waals surface area contributed by atoms with Crippen LogP contribution in [0.2, 0.25) is 10.0 Å². The van der Waals surface area contributed by atoms with Gasteiger partial charge in [-0.2, -0.15) is 10.1 Å². The first-order valence-corrected chi connectivity index (χ1v) is 8.87. The van der Waals surface area contributed by atoms with Crippen LogP contribution in [-0.4, -0.2) is 36.0 Å². The summed E-state index contributed by atoms with van der Waals surface area (Å²) in [4.78, 5) is 28.2. The van der Waals surface area contributed by atoms with Gasteiger partial charge in [-0.3, -0.25) is 9.79 Å². The highest BCUT2D eigenvalue weighted by Gasteiger charge is 2.33. The van der Waals surface area contributed by atoms with E-state index in [1.807, 2.05) is 0 Å². The quantitative estimate of drug-likeness (QED) is 0.724. The summed E-state index contributed by atoms with van der Waals surface area (Å²) in [6.45, 7) is 1.71. The average molecular weight is 420 g/mol. The zero-order valence-corrected chi connectivity index (χ0v) is 16.4. The van der Waals surface area contributed by atoms with E-state index >= 15 is 0 Å². The van der Waals surface area contributed by atoms with E-state index in [0.29, 0.717) is 27.9 Å². The molecule has 2 aromatic carbocycles. The van der Waals surface area contributed by atoms with Crippen LogP contribution in [0.3, 0.4) is 0 Å². The Bertz CT molecular complexity index is 1020. The van der Waals surface area contributed by atoms with Crippen molar-refractivity contribution >= 4 is 58.4 Å². The van der Waals surface area contributed by atoms with Gasteiger partial charge in [0, 0.05) is 12.3 Å². The van der Waals surface area contributed by atoms with Crippen molar-refractivity contribution in [3.05, 3.63) is 52.0 Å². The summed E-state index contributed by atoms with van der Waals surface area (Å²) in [5.41, 5.74) is 1.37. The van der Waals surface area contributed by atoms with Crippen molar-refractivity contribution in [3.63, 3.8) is 0 Å². The van der Waals surface area contributed by atoms with Crippen LogP contribution in [0.1, 0.15) is 17.3 Å². The third kappa shape index (κ3) is 3.85. The summed E-state index contributed by atoms with van der Waals surface area (Å²) < 4.78 is 5.18. The number of aliphatic imine (C=N–C) groups is 1. The summed E-state index contributed by atoms with van der Waals surface area (Å²) in [6.07, 6.45) is 1.43. The van der Waals surface area contributed by atoms with Gasteiger partial charge in [-0.1, -0.05) is 23.2 Å². The largest absolute Gasteiger partial charge is 0.495 e. The van der Waals surface area contributed by atoms with Crippen LogP contribution in [0.4, 0.5) is 11.4 Å². The Morgan fingerprint density at radius 2 is 1.96 bits per heavy atom. The first-order chi connectivity index (χ1) is 13.3. The molecule has 2 aromatic rings. The zero-order chi connectivity index (χ0) is 20.4. The molecular weight excluding hydrogens is 405 g/mol. The number of methoxy groups -OCH3 is 1. The van der Waals surface area contributed by atoms with Gasteiger partial charge >= 0.3 is 5.97 Å². The molecule has 0 aliphatic carbocycles. The molecule has 0 bridgehead atoms. The first-order valence-electron chi connectivity index (χ1n) is 8.11. The normalized spacial score (nSPS) is 16.6. The molecule has 7 nitrogen and oxygen atoms in total. The standard InChI is InChI=1S/C19H15Cl2N3O4/c1-10-14(9-22-11-3-5-15(20)13(7-11)19(26)27)18(25)24(23-10)12-4-6-16(21)17(8-12)28-2/h3-9,14H,1-2H3,(H,26,27). The number of carboxylic acids is 1. The van der Waals surface area contributed by atoms with Crippen LogP contribution in [0.5, 0.6) is 5.75 Å². The Hall–Kier alpha value is -2.90. The maximum Gasteiger partial charge on any atom is 0.337 e. The fraction of sp³-hybridized carbons (Fsp3) is 0.158. The van der Waals surface area contributed by atoms with Crippen LogP contribution in [0, 0.1) is 5.92 Å². The highest BCUT2D eigenvalue weighted by atomic mass is 35.5. The number of carbonyl (C=O) groups excluding carboxylic acids is 1. The minimum Gasteiger partial charge on any atom is -0.495 e. The molecule has 1 heterocycles. The fourth-order valence-electron chi connectivity index (χ4n) is 2.63. The van der Waals surface area contributed by atoms with Crippen LogP contribution in [0.25, 0.3) is 0 Å². The predicted molar refractivity (Wildman–Crippen MR) is 109 cm³/mol. The average Bonchev–Trinajstić information content (AvgIpc) is 2.95. The number of hydrogen-bond donors (Lipinski definition) is 1. The second kappa shape index (κ2) is 8.00. The van der Waals surface area contributed by atoms with Crippen molar-refractivity contribution in [2.45, 2.75) is 6.92 Å². The van der Waals surface area contributed by atoms with E-state index in [0.717, 1.165) is 0 Å². The number of halogens is 2. The summed E-state index contributed by atoms with van der Waals surface area (Å²) in [5.74, 6) is -1.69. The molecule has 1 aliphatic rings. The van der Waals surface area contributed by atoms with Gasteiger partial charge in [-0.25, -0.2) is 4.79 Å². The van der Waals surface area contributed by atoms with Crippen molar-refractivity contribution < 1.29 is 19.4 Å². The fourth-order valence-corrected chi connectivity index (χ4v) is 3.03. The van der Waals surface area contributed by atoms with Gasteiger partial charge in [0.05, 0.1) is 39.8 Å². The van der Waals surface area contributed by atoms with Gasteiger partial charge in [0.15, 0.2) is 0 Å². The highest BCUT2D eigenvalue weighted by Crippen LogP contribution is 2.32. The van der Waals surface area contributed by atoms with Crippen molar-refractivity contribution in [1.29, 1.82) is 0 Å². The van der Waals surface area contributed by atoms with Crippen LogP contribution in [-0.2, 0) is 4.79 Å². The number of hydrogen-bond acceptors (Lipinski definition) is 5. The van der Waals surface area contributed by atoms with Crippen LogP contribution >= 0.6 is 23.2 Å². The predicted octanol–water partition coefficient (Wildman–Crippen LogP) is 4.44. The van der Waals surface area contributed by atoms with Gasteiger partial charge in [0.1, 0.15) is 11.7 Å². The van der Waals surface area contributed by atoms with Gasteiger partial charge in [0.25, 0.3) is 5.91 Å². The number of carbonyl (C=O) groups is 2. The Balaban J connectivity index is 1.84. The molecule has 0 fully saturated rings. The second-order valence-electron chi connectivity index (χ2n) is 5.94. The van der Waals surface area contributed by atoms with E-state index in [9.17, 15) is 9.59 Å². The Kier molecular flexibility index (Phi) is 5.67. The molecule has 1 unspecified atom stereocenters. The maximum atomic E-state index is 12.8. The van der Waals surface area contributed by atoms with Crippen molar-refractivity contribution in [1.82, 2.24) is 0 Å². The van der Waals surface area contributed by atoms with Crippen molar-refractivity contribution in [2.75, 3.05) is 12.1 Å². The molecule has 0 spiro atoms. The third-order valence-corrected chi connectivity index (χ3v) is 4.76. The second-order valence-corrected chi connectivity index (χ2v) is 6.75. The minimum atomic E-state index is -1.15. The van der Waals surface area contributed by atoms with Gasteiger partial charge in [-0.15, -0.1) is 0 Å². The molecule has 3 rings (SSSR count). The lowest BCUT2D eigenvalue weighted by Gasteiger charge is -2.14. The number of aromatic carboxylic acids is 1. The molecule has 1 amide bonds. The molecule has 144 valence electrons. The summed E-state index contributed by atoms with van der Waals surface area (Å²) in [6, 6.07) is 9.26. The zero-order valence-electron chi connectivity index (χ0n) is 14.9. The van der Waals surface area contributed by atoms with Crippen molar-refractivity contribution in [2.24, 2.45) is 16.0 Å². The Morgan fingerprint density at radius 3 is 2.64 bits per heavy atom. The lowest BCUT2D eigenvalue weighted by atomic mass is 10.1. The highest BCUT2D eigenvalue weighted by molar-refractivity contribution is 6.33. The number of anilines is 1. The number of hydrazone groups is 1. The molecule has 1 aliphatic heterocycles. The Labute approximate surface area is 170 Å². The van der Waals surface area contributed by atoms with E-state index < -0.39 is 11.9 Å². The van der Waals surface area contributed by atoms with Crippen molar-refractivity contribution in [3.8, 4) is 5.75 Å². The summed E-state index contributed by atoms with van der Waals surface area (Å²) >= 11 is 11.9. The molecule has 0 saturated carbocycles. The van der Waals surface area contributed by atoms with Gasteiger partial charge < -0.3 is 9.84 Å². The molecule has 9 heteroatoms. The minimum absolute atomic E-state index is 0.0608. The summed E-state index contributed by atoms with van der Waals surface area (Å²) in [5, 5.41) is 15.2. The molecular formula is C19H15Cl2N3O4. The molecule has 0 saturated heterocycles. The number of benzene rings is 2. The number of rotatable bonds is 5. The molecule has 28 heavy (non-hydrogen) atoms. The van der Waals surface area contributed by atoms with E-state index in [4.69, 9.17) is 33.0 Å². The first kappa shape index (κ1) is 19.9. The van der Waals surface area contributed by atoms with E-state index in [1.54, 1.807) is 31.2 Å². The lowest BCUT2D eigenvalue weighted by molar-refractivity contribution is -0.118. The Morgan fingerprint density at radius 1 is 1.25 bits per heavy atom. The maximum absolute atomic E-state index is 12.8. The van der Waals surface area contributed by atoms with E-state index in [2.05, 4.69) is 10.1 Å². The SMILES string of the molecule is COc1cc(N2N=C(C)C(C=Nc3ccc(Cl)c(C(=O)O)c3)C2=O)ccc1Cl. The van der Waals surface area contributed by atoms with Gasteiger partial charge in [-0.05, 0) is 37.3 Å². The molecule has 1 atom stereocenters. The summed E-state index contributed by atoms with van der Waals surface area (Å²) in [7, 11) is 1.48. The van der Waals surface area contributed by atoms with E-state index in [-0.39, 0.29) is 16.5 Å². The van der Waals surface area contributed by atoms with Gasteiger partial charge in [0.2, 0.25) is 0 Å².